The minimum absolute atomic E-state index is 0.156. The second kappa shape index (κ2) is 12.2. The monoisotopic (exact) mass is 477 g/mol. The summed E-state index contributed by atoms with van der Waals surface area (Å²) in [6.45, 7) is 4.66. The molecule has 5 N–H and O–H groups in total. The number of rotatable bonds is 11. The zero-order valence-corrected chi connectivity index (χ0v) is 19.5. The van der Waals surface area contributed by atoms with Crippen molar-refractivity contribution in [2.45, 2.75) is 6.04 Å². The highest BCUT2D eigenvalue weighted by atomic mass is 16.5. The fourth-order valence-electron chi connectivity index (χ4n) is 3.88. The van der Waals surface area contributed by atoms with Crippen LogP contribution in [0.2, 0.25) is 0 Å². The molecule has 35 heavy (non-hydrogen) atoms. The number of nitrogens with two attached hydrogens (primary N) is 1. The maximum absolute atomic E-state index is 12.0. The summed E-state index contributed by atoms with van der Waals surface area (Å²) in [5.41, 5.74) is 7.97. The molecule has 0 bridgehead atoms. The van der Waals surface area contributed by atoms with Gasteiger partial charge in [-0.15, -0.1) is 0 Å². The van der Waals surface area contributed by atoms with Crippen molar-refractivity contribution in [1.82, 2.24) is 9.88 Å². The number of aliphatic hydroxyl groups excluding tert-OH is 1. The largest absolute Gasteiger partial charge is 0.492 e. The van der Waals surface area contributed by atoms with Crippen LogP contribution in [0, 0.1) is 0 Å². The van der Waals surface area contributed by atoms with Gasteiger partial charge in [-0.05, 0) is 17.7 Å². The molecule has 2 aromatic carbocycles. The number of morpholine rings is 1. The number of anilines is 3. The molecule has 1 unspecified atom stereocenters. The molecule has 0 saturated carbocycles. The van der Waals surface area contributed by atoms with Crippen LogP contribution in [-0.4, -0.2) is 67.0 Å². The van der Waals surface area contributed by atoms with Crippen molar-refractivity contribution < 1.29 is 19.4 Å². The summed E-state index contributed by atoms with van der Waals surface area (Å²) in [5, 5.41) is 16.4. The van der Waals surface area contributed by atoms with Gasteiger partial charge in [0.25, 0.3) is 5.91 Å². The first-order valence-corrected chi connectivity index (χ1v) is 11.6. The quantitative estimate of drug-likeness (QED) is 0.333. The van der Waals surface area contributed by atoms with E-state index in [0.29, 0.717) is 18.1 Å². The Morgan fingerprint density at radius 3 is 2.69 bits per heavy atom. The molecular weight excluding hydrogens is 446 g/mol. The Labute approximate surface area is 204 Å². The molecule has 0 radical (unpaired) electrons. The Hall–Kier alpha value is -3.66. The van der Waals surface area contributed by atoms with Gasteiger partial charge in [0.2, 0.25) is 0 Å². The molecule has 1 saturated heterocycles. The molecule has 4 rings (SSSR count). The van der Waals surface area contributed by atoms with E-state index in [0.717, 1.165) is 49.8 Å². The lowest BCUT2D eigenvalue weighted by molar-refractivity contribution is 0.0322. The van der Waals surface area contributed by atoms with E-state index in [4.69, 9.17) is 15.2 Å². The van der Waals surface area contributed by atoms with E-state index >= 15 is 0 Å². The highest BCUT2D eigenvalue weighted by Gasteiger charge is 2.16. The maximum atomic E-state index is 12.0. The van der Waals surface area contributed by atoms with Crippen molar-refractivity contribution in [1.29, 1.82) is 0 Å². The fraction of sp³-hybridized carbons (Fsp3) is 0.308. The van der Waals surface area contributed by atoms with Gasteiger partial charge in [-0.3, -0.25) is 9.69 Å². The number of aromatic nitrogens is 1. The number of pyridine rings is 1. The van der Waals surface area contributed by atoms with E-state index in [1.54, 1.807) is 6.07 Å². The Morgan fingerprint density at radius 1 is 1.14 bits per heavy atom. The molecule has 0 spiro atoms. The summed E-state index contributed by atoms with van der Waals surface area (Å²) in [7, 11) is 0. The van der Waals surface area contributed by atoms with Crippen LogP contribution >= 0.6 is 0 Å². The smallest absolute Gasteiger partial charge is 0.252 e. The molecule has 1 fully saturated rings. The van der Waals surface area contributed by atoms with Crippen LogP contribution in [0.5, 0.6) is 5.75 Å². The second-order valence-corrected chi connectivity index (χ2v) is 8.22. The number of ether oxygens (including phenoxy) is 2. The van der Waals surface area contributed by atoms with E-state index in [2.05, 4.69) is 20.5 Å². The Bertz CT molecular complexity index is 1110. The highest BCUT2D eigenvalue weighted by Crippen LogP contribution is 2.27. The molecule has 0 aliphatic carbocycles. The van der Waals surface area contributed by atoms with Gasteiger partial charge in [-0.25, -0.2) is 4.98 Å². The lowest BCUT2D eigenvalue weighted by Crippen LogP contribution is -2.38. The standard InChI is InChI=1S/C26H31N5O4/c27-26(33)22-17-28-25(16-23(22)30-24(18-32)19-5-2-1-3-6-19)29-20-7-4-8-21(15-20)35-14-11-31-9-12-34-13-10-31/h1-8,15-17,24,32H,9-14,18H2,(H2,27,33)(H2,28,29,30). The van der Waals surface area contributed by atoms with Crippen LogP contribution in [0.4, 0.5) is 17.2 Å². The van der Waals surface area contributed by atoms with Gasteiger partial charge in [0, 0.05) is 43.7 Å². The van der Waals surface area contributed by atoms with Crippen molar-refractivity contribution in [3.63, 3.8) is 0 Å². The van der Waals surface area contributed by atoms with Crippen LogP contribution in [0.25, 0.3) is 0 Å². The average molecular weight is 478 g/mol. The second-order valence-electron chi connectivity index (χ2n) is 8.22. The van der Waals surface area contributed by atoms with Crippen molar-refractivity contribution >= 4 is 23.1 Å². The average Bonchev–Trinajstić information content (AvgIpc) is 2.88. The zero-order chi connectivity index (χ0) is 24.5. The maximum Gasteiger partial charge on any atom is 0.252 e. The van der Waals surface area contributed by atoms with Crippen LogP contribution in [0.15, 0.2) is 66.9 Å². The van der Waals surface area contributed by atoms with E-state index in [-0.39, 0.29) is 12.2 Å². The Morgan fingerprint density at radius 2 is 1.94 bits per heavy atom. The predicted molar refractivity (Wildman–Crippen MR) is 135 cm³/mol. The third kappa shape index (κ3) is 6.92. The Balaban J connectivity index is 1.44. The van der Waals surface area contributed by atoms with Gasteiger partial charge < -0.3 is 30.9 Å². The molecule has 2 heterocycles. The number of amides is 1. The Kier molecular flexibility index (Phi) is 8.50. The first kappa shape index (κ1) is 24.5. The number of aliphatic hydroxyl groups is 1. The lowest BCUT2D eigenvalue weighted by atomic mass is 10.1. The van der Waals surface area contributed by atoms with Crippen LogP contribution in [0.3, 0.4) is 0 Å². The number of carbonyl (C=O) groups is 1. The van der Waals surface area contributed by atoms with Gasteiger partial charge in [-0.2, -0.15) is 0 Å². The van der Waals surface area contributed by atoms with Crippen molar-refractivity contribution in [3.8, 4) is 5.75 Å². The minimum atomic E-state index is -0.605. The van der Waals surface area contributed by atoms with Gasteiger partial charge in [0.15, 0.2) is 0 Å². The van der Waals surface area contributed by atoms with Crippen molar-refractivity contribution in [2.75, 3.05) is 56.7 Å². The number of nitrogens with one attached hydrogen (secondary N) is 2. The molecule has 1 amide bonds. The molecule has 3 aromatic rings. The third-order valence-electron chi connectivity index (χ3n) is 5.77. The molecule has 1 aliphatic rings. The molecule has 9 nitrogen and oxygen atoms in total. The minimum Gasteiger partial charge on any atom is -0.492 e. The summed E-state index contributed by atoms with van der Waals surface area (Å²) in [6.07, 6.45) is 1.43. The third-order valence-corrected chi connectivity index (χ3v) is 5.77. The lowest BCUT2D eigenvalue weighted by Gasteiger charge is -2.26. The van der Waals surface area contributed by atoms with Gasteiger partial charge in [0.05, 0.1) is 37.1 Å². The van der Waals surface area contributed by atoms with Crippen LogP contribution < -0.4 is 21.1 Å². The predicted octanol–water partition coefficient (Wildman–Crippen LogP) is 2.78. The first-order valence-electron chi connectivity index (χ1n) is 11.6. The van der Waals surface area contributed by atoms with E-state index in [1.165, 1.54) is 6.20 Å². The number of primary amides is 1. The normalized spacial score (nSPS) is 14.8. The number of benzene rings is 2. The first-order chi connectivity index (χ1) is 17.1. The number of carbonyl (C=O) groups excluding carboxylic acids is 1. The molecule has 184 valence electrons. The molecule has 1 aliphatic heterocycles. The number of hydrogen-bond acceptors (Lipinski definition) is 8. The van der Waals surface area contributed by atoms with Crippen LogP contribution in [-0.2, 0) is 4.74 Å². The molecule has 1 atom stereocenters. The van der Waals surface area contributed by atoms with Crippen molar-refractivity contribution in [2.24, 2.45) is 5.73 Å². The summed E-state index contributed by atoms with van der Waals surface area (Å²) in [4.78, 5) is 18.6. The molecule has 1 aromatic heterocycles. The molecule has 9 heteroatoms. The van der Waals surface area contributed by atoms with E-state index in [9.17, 15) is 9.90 Å². The summed E-state index contributed by atoms with van der Waals surface area (Å²) >= 11 is 0. The summed E-state index contributed by atoms with van der Waals surface area (Å²) < 4.78 is 11.3. The van der Waals surface area contributed by atoms with E-state index in [1.807, 2.05) is 54.6 Å². The SMILES string of the molecule is NC(=O)c1cnc(Nc2cccc(OCCN3CCOCC3)c2)cc1NC(CO)c1ccccc1. The van der Waals surface area contributed by atoms with Crippen molar-refractivity contribution in [3.05, 3.63) is 78.0 Å². The summed E-state index contributed by atoms with van der Waals surface area (Å²) in [6, 6.07) is 18.4. The van der Waals surface area contributed by atoms with Gasteiger partial charge in [-0.1, -0.05) is 36.4 Å². The summed E-state index contributed by atoms with van der Waals surface area (Å²) in [5.74, 6) is 0.666. The number of nitrogens with zero attached hydrogens (tertiary/aromatic N) is 2. The highest BCUT2D eigenvalue weighted by molar-refractivity contribution is 5.98. The molecular formula is C26H31N5O4. The van der Waals surface area contributed by atoms with Gasteiger partial charge >= 0.3 is 0 Å². The van der Waals surface area contributed by atoms with E-state index < -0.39 is 11.9 Å². The topological polar surface area (TPSA) is 122 Å². The zero-order valence-electron chi connectivity index (χ0n) is 19.5. The van der Waals surface area contributed by atoms with Gasteiger partial charge in [0.1, 0.15) is 18.2 Å². The van der Waals surface area contributed by atoms with Crippen LogP contribution in [0.1, 0.15) is 22.0 Å². The fourth-order valence-corrected chi connectivity index (χ4v) is 3.88. The number of hydrogen-bond donors (Lipinski definition) is 4.